The molecule has 1 amide bonds. The Hall–Kier alpha value is -1.57. The molecule has 2 atom stereocenters. The summed E-state index contributed by atoms with van der Waals surface area (Å²) in [5.74, 6) is 1.03. The van der Waals surface area contributed by atoms with E-state index in [2.05, 4.69) is 26.8 Å². The third kappa shape index (κ3) is 4.58. The second-order valence-electron chi connectivity index (χ2n) is 7.81. The van der Waals surface area contributed by atoms with Crippen molar-refractivity contribution in [3.8, 4) is 0 Å². The maximum absolute atomic E-state index is 12.9. The third-order valence-corrected chi connectivity index (χ3v) is 5.59. The third-order valence-electron chi connectivity index (χ3n) is 5.59. The second-order valence-corrected chi connectivity index (χ2v) is 7.81. The summed E-state index contributed by atoms with van der Waals surface area (Å²) in [5, 5.41) is 9.83. The van der Waals surface area contributed by atoms with Gasteiger partial charge in [-0.2, -0.15) is 0 Å². The van der Waals surface area contributed by atoms with Crippen molar-refractivity contribution in [2.75, 3.05) is 59.5 Å². The Morgan fingerprint density at radius 1 is 1.15 bits per heavy atom. The lowest BCUT2D eigenvalue weighted by atomic mass is 9.96. The van der Waals surface area contributed by atoms with E-state index >= 15 is 0 Å². The van der Waals surface area contributed by atoms with E-state index in [-0.39, 0.29) is 18.4 Å². The van der Waals surface area contributed by atoms with Crippen LogP contribution in [0, 0.1) is 25.7 Å². The van der Waals surface area contributed by atoms with E-state index in [1.165, 1.54) is 6.42 Å². The van der Waals surface area contributed by atoms with Gasteiger partial charge in [0.15, 0.2) is 0 Å². The summed E-state index contributed by atoms with van der Waals surface area (Å²) in [6.07, 6.45) is 1.18. The summed E-state index contributed by atoms with van der Waals surface area (Å²) < 4.78 is 0. The average molecular weight is 361 g/mol. The van der Waals surface area contributed by atoms with E-state index in [1.54, 1.807) is 6.07 Å². The number of hydrogen-bond acceptors (Lipinski definition) is 6. The highest BCUT2D eigenvalue weighted by atomic mass is 16.3. The van der Waals surface area contributed by atoms with Gasteiger partial charge in [0.1, 0.15) is 11.5 Å². The van der Waals surface area contributed by atoms with E-state index in [1.807, 2.05) is 18.7 Å². The molecule has 0 radical (unpaired) electrons. The van der Waals surface area contributed by atoms with Gasteiger partial charge in [-0.3, -0.25) is 4.79 Å². The number of aryl methyl sites for hydroxylation is 2. The van der Waals surface area contributed by atoms with Crippen LogP contribution in [0.3, 0.4) is 0 Å². The van der Waals surface area contributed by atoms with Crippen LogP contribution in [-0.2, 0) is 0 Å². The van der Waals surface area contributed by atoms with Gasteiger partial charge < -0.3 is 19.8 Å². The molecule has 0 aliphatic carbocycles. The van der Waals surface area contributed by atoms with E-state index < -0.39 is 0 Å². The fraction of sp³-hybridized carbons (Fsp3) is 0.737. The Kier molecular flexibility index (Phi) is 6.21. The largest absolute Gasteiger partial charge is 0.396 e. The van der Waals surface area contributed by atoms with Gasteiger partial charge in [-0.15, -0.1) is 0 Å². The van der Waals surface area contributed by atoms with Crippen molar-refractivity contribution in [3.05, 3.63) is 23.3 Å². The van der Waals surface area contributed by atoms with Crippen LogP contribution >= 0.6 is 0 Å². The predicted molar refractivity (Wildman–Crippen MR) is 100 cm³/mol. The SMILES string of the molecule is Cc1cc(C(=O)N2C[C@@H](CN3CCCN(C)CC3)[C@@H](CO)C2)nc(C)n1. The highest BCUT2D eigenvalue weighted by molar-refractivity contribution is 5.92. The molecule has 0 saturated carbocycles. The summed E-state index contributed by atoms with van der Waals surface area (Å²) in [6.45, 7) is 10.4. The molecule has 7 heteroatoms. The molecule has 2 aliphatic rings. The van der Waals surface area contributed by atoms with Crippen molar-refractivity contribution < 1.29 is 9.90 Å². The monoisotopic (exact) mass is 361 g/mol. The first-order valence-electron chi connectivity index (χ1n) is 9.59. The van der Waals surface area contributed by atoms with Crippen LogP contribution in [0.5, 0.6) is 0 Å². The van der Waals surface area contributed by atoms with E-state index in [9.17, 15) is 9.90 Å². The van der Waals surface area contributed by atoms with Gasteiger partial charge in [0.2, 0.25) is 0 Å². The van der Waals surface area contributed by atoms with Crippen molar-refractivity contribution in [2.45, 2.75) is 20.3 Å². The molecule has 1 aromatic rings. The summed E-state index contributed by atoms with van der Waals surface area (Å²) >= 11 is 0. The van der Waals surface area contributed by atoms with Crippen molar-refractivity contribution in [3.63, 3.8) is 0 Å². The number of rotatable bonds is 4. The van der Waals surface area contributed by atoms with E-state index in [4.69, 9.17) is 0 Å². The number of likely N-dealkylation sites (N-methyl/N-ethyl adjacent to an activating group) is 1. The number of hydrogen-bond donors (Lipinski definition) is 1. The zero-order valence-corrected chi connectivity index (χ0v) is 16.2. The van der Waals surface area contributed by atoms with Crippen molar-refractivity contribution >= 4 is 5.91 Å². The number of carbonyl (C=O) groups excluding carboxylic acids is 1. The van der Waals surface area contributed by atoms with Crippen LogP contribution in [0.1, 0.15) is 28.4 Å². The van der Waals surface area contributed by atoms with Gasteiger partial charge in [-0.05, 0) is 52.4 Å². The lowest BCUT2D eigenvalue weighted by molar-refractivity contribution is 0.0772. The number of amides is 1. The minimum absolute atomic E-state index is 0.0462. The molecular weight excluding hydrogens is 330 g/mol. The maximum Gasteiger partial charge on any atom is 0.272 e. The molecule has 1 N–H and O–H groups in total. The zero-order valence-electron chi connectivity index (χ0n) is 16.2. The summed E-state index contributed by atoms with van der Waals surface area (Å²) in [7, 11) is 2.17. The summed E-state index contributed by atoms with van der Waals surface area (Å²) in [4.78, 5) is 28.2. The van der Waals surface area contributed by atoms with Crippen molar-refractivity contribution in [1.29, 1.82) is 0 Å². The molecule has 0 unspecified atom stereocenters. The normalized spacial score (nSPS) is 25.5. The number of aliphatic hydroxyl groups is 1. The minimum atomic E-state index is -0.0462. The van der Waals surface area contributed by atoms with Gasteiger partial charge in [-0.25, -0.2) is 9.97 Å². The average Bonchev–Trinajstić information content (AvgIpc) is 2.89. The van der Waals surface area contributed by atoms with Gasteiger partial charge in [0.25, 0.3) is 5.91 Å². The molecule has 0 aromatic carbocycles. The van der Waals surface area contributed by atoms with Crippen molar-refractivity contribution in [1.82, 2.24) is 24.7 Å². The molecule has 7 nitrogen and oxygen atoms in total. The van der Waals surface area contributed by atoms with Gasteiger partial charge in [0, 0.05) is 50.9 Å². The molecule has 0 spiro atoms. The first-order chi connectivity index (χ1) is 12.5. The maximum atomic E-state index is 12.9. The molecular formula is C19H31N5O2. The number of carbonyl (C=O) groups is 1. The van der Waals surface area contributed by atoms with Crippen LogP contribution < -0.4 is 0 Å². The van der Waals surface area contributed by atoms with Crippen LogP contribution in [-0.4, -0.2) is 95.1 Å². The molecule has 0 bridgehead atoms. The lowest BCUT2D eigenvalue weighted by Gasteiger charge is -2.26. The Morgan fingerprint density at radius 3 is 2.65 bits per heavy atom. The van der Waals surface area contributed by atoms with Gasteiger partial charge in [0.05, 0.1) is 0 Å². The Bertz CT molecular complexity index is 618. The topological polar surface area (TPSA) is 72.8 Å². The first-order valence-corrected chi connectivity index (χ1v) is 9.59. The predicted octanol–water partition coefficient (Wildman–Crippen LogP) is 0.411. The van der Waals surface area contributed by atoms with Crippen LogP contribution in [0.25, 0.3) is 0 Å². The Morgan fingerprint density at radius 2 is 1.92 bits per heavy atom. The smallest absolute Gasteiger partial charge is 0.272 e. The minimum Gasteiger partial charge on any atom is -0.396 e. The number of likely N-dealkylation sites (tertiary alicyclic amines) is 1. The molecule has 3 rings (SSSR count). The fourth-order valence-corrected chi connectivity index (χ4v) is 4.12. The van der Waals surface area contributed by atoms with Crippen molar-refractivity contribution in [2.24, 2.45) is 11.8 Å². The Balaban J connectivity index is 1.65. The molecule has 2 aliphatic heterocycles. The van der Waals surface area contributed by atoms with Crippen LogP contribution in [0.2, 0.25) is 0 Å². The van der Waals surface area contributed by atoms with Crippen LogP contribution in [0.4, 0.5) is 0 Å². The molecule has 2 saturated heterocycles. The standard InChI is InChI=1S/C19H31N5O2/c1-14-9-18(21-15(2)20-14)19(26)24-11-16(17(12-24)13-25)10-23-6-4-5-22(3)7-8-23/h9,16-17,25H,4-8,10-13H2,1-3H3/t16-,17-/m1/s1. The highest BCUT2D eigenvalue weighted by Gasteiger charge is 2.36. The van der Waals surface area contributed by atoms with Crippen LogP contribution in [0.15, 0.2) is 6.07 Å². The molecule has 26 heavy (non-hydrogen) atoms. The molecule has 144 valence electrons. The van der Waals surface area contributed by atoms with E-state index in [0.29, 0.717) is 30.5 Å². The fourth-order valence-electron chi connectivity index (χ4n) is 4.12. The summed E-state index contributed by atoms with van der Waals surface area (Å²) in [5.41, 5.74) is 1.27. The second kappa shape index (κ2) is 8.41. The molecule has 3 heterocycles. The zero-order chi connectivity index (χ0) is 18.7. The first kappa shape index (κ1) is 19.2. The van der Waals surface area contributed by atoms with Gasteiger partial charge >= 0.3 is 0 Å². The highest BCUT2D eigenvalue weighted by Crippen LogP contribution is 2.26. The quantitative estimate of drug-likeness (QED) is 0.838. The number of nitrogens with zero attached hydrogens (tertiary/aromatic N) is 5. The Labute approximate surface area is 156 Å². The van der Waals surface area contributed by atoms with E-state index in [0.717, 1.165) is 38.4 Å². The van der Waals surface area contributed by atoms with Gasteiger partial charge in [-0.1, -0.05) is 0 Å². The number of aliphatic hydroxyl groups excluding tert-OH is 1. The summed E-state index contributed by atoms with van der Waals surface area (Å²) in [6, 6.07) is 1.75. The number of aromatic nitrogens is 2. The lowest BCUT2D eigenvalue weighted by Crippen LogP contribution is -2.36. The molecule has 1 aromatic heterocycles. The molecule has 2 fully saturated rings.